The lowest BCUT2D eigenvalue weighted by molar-refractivity contribution is -0.120. The maximum atomic E-state index is 13.5. The van der Waals surface area contributed by atoms with E-state index in [4.69, 9.17) is 0 Å². The molecule has 7 heteroatoms. The maximum absolute atomic E-state index is 13.5. The highest BCUT2D eigenvalue weighted by Crippen LogP contribution is 2.23. The number of aromatic amines is 3. The van der Waals surface area contributed by atoms with Gasteiger partial charge in [-0.1, -0.05) is 6.07 Å². The zero-order chi connectivity index (χ0) is 18.3. The summed E-state index contributed by atoms with van der Waals surface area (Å²) >= 11 is 0. The number of hydrogen-bond donors (Lipinski definition) is 4. The molecule has 2 heterocycles. The largest absolute Gasteiger partial charge is 0.358 e. The summed E-state index contributed by atoms with van der Waals surface area (Å²) in [5.74, 6) is -0.479. The van der Waals surface area contributed by atoms with E-state index in [-0.39, 0.29) is 23.8 Å². The first-order valence-corrected chi connectivity index (χ1v) is 8.24. The predicted octanol–water partition coefficient (Wildman–Crippen LogP) is 2.64. The van der Waals surface area contributed by atoms with Crippen LogP contribution in [0, 0.1) is 12.7 Å². The van der Waals surface area contributed by atoms with Crippen LogP contribution in [0.15, 0.2) is 41.2 Å². The van der Waals surface area contributed by atoms with Gasteiger partial charge in [-0.05, 0) is 48.4 Å². The Balaban J connectivity index is 1.49. The van der Waals surface area contributed by atoms with Crippen molar-refractivity contribution >= 4 is 27.8 Å². The van der Waals surface area contributed by atoms with Gasteiger partial charge < -0.3 is 20.3 Å². The molecule has 0 fully saturated rings. The summed E-state index contributed by atoms with van der Waals surface area (Å²) in [6.45, 7) is 2.22. The Morgan fingerprint density at radius 2 is 1.81 bits per heavy atom. The third-order valence-electron chi connectivity index (χ3n) is 4.49. The Morgan fingerprint density at radius 3 is 2.65 bits per heavy atom. The smallest absolute Gasteiger partial charge is 0.323 e. The lowest BCUT2D eigenvalue weighted by Gasteiger charge is -2.06. The molecule has 4 rings (SSSR count). The molecule has 0 saturated heterocycles. The summed E-state index contributed by atoms with van der Waals surface area (Å²) in [7, 11) is 0. The Hall–Kier alpha value is -3.35. The number of aromatic nitrogens is 3. The lowest BCUT2D eigenvalue weighted by Crippen LogP contribution is -2.24. The molecule has 0 unspecified atom stereocenters. The van der Waals surface area contributed by atoms with Crippen LogP contribution in [0.5, 0.6) is 0 Å². The average Bonchev–Trinajstić information content (AvgIpc) is 3.12. The minimum atomic E-state index is -0.327. The van der Waals surface area contributed by atoms with Crippen LogP contribution < -0.4 is 11.0 Å². The number of H-pyrrole nitrogens is 3. The fraction of sp³-hybridized carbons (Fsp3) is 0.158. The Morgan fingerprint density at radius 1 is 1.04 bits per heavy atom. The molecule has 0 aliphatic heterocycles. The van der Waals surface area contributed by atoms with Crippen molar-refractivity contribution < 1.29 is 9.18 Å². The van der Waals surface area contributed by atoms with Crippen molar-refractivity contribution in [3.8, 4) is 0 Å². The second-order valence-corrected chi connectivity index (χ2v) is 6.33. The molecule has 2 aromatic carbocycles. The fourth-order valence-electron chi connectivity index (χ4n) is 3.20. The van der Waals surface area contributed by atoms with E-state index >= 15 is 0 Å². The van der Waals surface area contributed by atoms with Crippen LogP contribution in [-0.2, 0) is 17.8 Å². The number of carbonyl (C=O) groups is 1. The standard InChI is InChI=1S/C19H17FN4O2/c1-10-13(14-7-12(20)3-5-15(14)22-10)8-18(25)21-9-11-2-4-16-17(6-11)24-19(26)23-16/h2-7,22H,8-9H2,1H3,(H,21,25)(H2,23,24,26). The molecule has 0 radical (unpaired) electrons. The predicted molar refractivity (Wildman–Crippen MR) is 97.5 cm³/mol. The summed E-state index contributed by atoms with van der Waals surface area (Å²) in [5.41, 5.74) is 4.50. The summed E-state index contributed by atoms with van der Waals surface area (Å²) in [4.78, 5) is 32.2. The average molecular weight is 352 g/mol. The number of aryl methyl sites for hydroxylation is 1. The molecule has 4 N–H and O–H groups in total. The van der Waals surface area contributed by atoms with Gasteiger partial charge >= 0.3 is 5.69 Å². The van der Waals surface area contributed by atoms with Crippen LogP contribution in [-0.4, -0.2) is 20.9 Å². The number of imidazole rings is 1. The number of nitrogens with one attached hydrogen (secondary N) is 4. The van der Waals surface area contributed by atoms with Crippen molar-refractivity contribution in [2.45, 2.75) is 19.9 Å². The maximum Gasteiger partial charge on any atom is 0.323 e. The molecule has 0 aliphatic carbocycles. The van der Waals surface area contributed by atoms with Gasteiger partial charge in [-0.25, -0.2) is 9.18 Å². The molecule has 4 aromatic rings. The van der Waals surface area contributed by atoms with E-state index in [1.165, 1.54) is 12.1 Å². The van der Waals surface area contributed by atoms with Crippen LogP contribution >= 0.6 is 0 Å². The third-order valence-corrected chi connectivity index (χ3v) is 4.49. The second-order valence-electron chi connectivity index (χ2n) is 6.33. The van der Waals surface area contributed by atoms with E-state index < -0.39 is 0 Å². The molecule has 132 valence electrons. The molecule has 1 amide bonds. The Kier molecular flexibility index (Phi) is 3.84. The van der Waals surface area contributed by atoms with Crippen LogP contribution in [0.2, 0.25) is 0 Å². The number of fused-ring (bicyclic) bond motifs is 2. The highest BCUT2D eigenvalue weighted by Gasteiger charge is 2.13. The number of carbonyl (C=O) groups excluding carboxylic acids is 1. The zero-order valence-corrected chi connectivity index (χ0v) is 14.1. The zero-order valence-electron chi connectivity index (χ0n) is 14.1. The number of benzene rings is 2. The van der Waals surface area contributed by atoms with Gasteiger partial charge in [0.05, 0.1) is 17.5 Å². The Labute approximate surface area is 147 Å². The van der Waals surface area contributed by atoms with Gasteiger partial charge in [-0.2, -0.15) is 0 Å². The van der Waals surface area contributed by atoms with E-state index in [0.29, 0.717) is 12.1 Å². The van der Waals surface area contributed by atoms with Gasteiger partial charge in [0.1, 0.15) is 5.82 Å². The molecule has 0 atom stereocenters. The molecular formula is C19H17FN4O2. The van der Waals surface area contributed by atoms with Crippen molar-refractivity contribution in [1.82, 2.24) is 20.3 Å². The highest BCUT2D eigenvalue weighted by atomic mass is 19.1. The van der Waals surface area contributed by atoms with Crippen molar-refractivity contribution in [2.75, 3.05) is 0 Å². The van der Waals surface area contributed by atoms with Crippen molar-refractivity contribution in [3.05, 3.63) is 69.5 Å². The van der Waals surface area contributed by atoms with Gasteiger partial charge in [-0.15, -0.1) is 0 Å². The summed E-state index contributed by atoms with van der Waals surface area (Å²) in [6.07, 6.45) is 0.165. The summed E-state index contributed by atoms with van der Waals surface area (Å²) < 4.78 is 13.5. The third kappa shape index (κ3) is 2.99. The molecule has 2 aromatic heterocycles. The SMILES string of the molecule is Cc1[nH]c2ccc(F)cc2c1CC(=O)NCc1ccc2[nH]c(=O)[nH]c2c1. The van der Waals surface area contributed by atoms with Crippen LogP contribution in [0.25, 0.3) is 21.9 Å². The van der Waals surface area contributed by atoms with E-state index in [0.717, 1.165) is 33.2 Å². The van der Waals surface area contributed by atoms with Crippen LogP contribution in [0.3, 0.4) is 0 Å². The molecule has 6 nitrogen and oxygen atoms in total. The topological polar surface area (TPSA) is 93.5 Å². The molecule has 0 saturated carbocycles. The summed E-state index contributed by atoms with van der Waals surface area (Å²) in [5, 5.41) is 3.59. The Bertz CT molecular complexity index is 1190. The first kappa shape index (κ1) is 16.1. The van der Waals surface area contributed by atoms with E-state index in [9.17, 15) is 14.0 Å². The summed E-state index contributed by atoms with van der Waals surface area (Å²) in [6, 6.07) is 9.97. The van der Waals surface area contributed by atoms with Gasteiger partial charge in [0.25, 0.3) is 0 Å². The number of amides is 1. The molecule has 0 bridgehead atoms. The van der Waals surface area contributed by atoms with Crippen molar-refractivity contribution in [3.63, 3.8) is 0 Å². The number of hydrogen-bond acceptors (Lipinski definition) is 2. The molecule has 0 spiro atoms. The monoisotopic (exact) mass is 352 g/mol. The van der Waals surface area contributed by atoms with Crippen molar-refractivity contribution in [2.24, 2.45) is 0 Å². The van der Waals surface area contributed by atoms with Crippen LogP contribution in [0.1, 0.15) is 16.8 Å². The number of rotatable bonds is 4. The molecule has 26 heavy (non-hydrogen) atoms. The van der Waals surface area contributed by atoms with Crippen LogP contribution in [0.4, 0.5) is 4.39 Å². The van der Waals surface area contributed by atoms with Gasteiger partial charge in [0.15, 0.2) is 0 Å². The van der Waals surface area contributed by atoms with E-state index in [1.54, 1.807) is 12.1 Å². The van der Waals surface area contributed by atoms with E-state index in [1.807, 2.05) is 19.1 Å². The highest BCUT2D eigenvalue weighted by molar-refractivity contribution is 5.90. The molecule has 0 aliphatic rings. The normalized spacial score (nSPS) is 11.3. The minimum Gasteiger partial charge on any atom is -0.358 e. The first-order chi connectivity index (χ1) is 12.5. The van der Waals surface area contributed by atoms with Gasteiger partial charge in [0.2, 0.25) is 5.91 Å². The quantitative estimate of drug-likeness (QED) is 0.454. The molecular weight excluding hydrogens is 335 g/mol. The van der Waals surface area contributed by atoms with Crippen molar-refractivity contribution in [1.29, 1.82) is 0 Å². The van der Waals surface area contributed by atoms with Gasteiger partial charge in [0, 0.05) is 23.1 Å². The van der Waals surface area contributed by atoms with E-state index in [2.05, 4.69) is 20.3 Å². The fourth-order valence-corrected chi connectivity index (χ4v) is 3.20. The minimum absolute atomic E-state index is 0.152. The first-order valence-electron chi connectivity index (χ1n) is 8.24. The number of halogens is 1. The lowest BCUT2D eigenvalue weighted by atomic mass is 10.1. The van der Waals surface area contributed by atoms with Gasteiger partial charge in [-0.3, -0.25) is 4.79 Å². The second kappa shape index (κ2) is 6.18.